The van der Waals surface area contributed by atoms with Gasteiger partial charge in [-0.1, -0.05) is 35.3 Å². The van der Waals surface area contributed by atoms with E-state index in [0.717, 1.165) is 0 Å². The average Bonchev–Trinajstić information content (AvgIpc) is 2.41. The predicted octanol–water partition coefficient (Wildman–Crippen LogP) is 2.64. The van der Waals surface area contributed by atoms with Crippen LogP contribution in [0.3, 0.4) is 0 Å². The largest absolute Gasteiger partial charge is 0.481 e. The highest BCUT2D eigenvalue weighted by Crippen LogP contribution is 2.37. The Morgan fingerprint density at radius 2 is 2.19 bits per heavy atom. The molecule has 8 heteroatoms. The molecule has 0 aromatic heterocycles. The Hall–Kier alpha value is -2.10. The van der Waals surface area contributed by atoms with Crippen LogP contribution in [0.15, 0.2) is 28.2 Å². The minimum Gasteiger partial charge on any atom is -0.481 e. The second-order valence-corrected chi connectivity index (χ2v) is 5.13. The van der Waals surface area contributed by atoms with E-state index in [0.29, 0.717) is 16.3 Å². The Bertz CT molecular complexity index is 694. The lowest BCUT2D eigenvalue weighted by Gasteiger charge is -2.25. The van der Waals surface area contributed by atoms with Gasteiger partial charge in [0, 0.05) is 5.71 Å². The van der Waals surface area contributed by atoms with Crippen LogP contribution in [0.4, 0.5) is 0 Å². The lowest BCUT2D eigenvalue weighted by atomic mass is 9.89. The Morgan fingerprint density at radius 1 is 1.48 bits per heavy atom. The highest BCUT2D eigenvalue weighted by atomic mass is 35.5. The highest BCUT2D eigenvalue weighted by Gasteiger charge is 2.36. The molecule has 21 heavy (non-hydrogen) atoms. The zero-order valence-corrected chi connectivity index (χ0v) is 12.4. The van der Waals surface area contributed by atoms with Crippen molar-refractivity contribution in [3.05, 3.63) is 33.8 Å². The lowest BCUT2D eigenvalue weighted by molar-refractivity contribution is -0.140. The van der Waals surface area contributed by atoms with Crippen LogP contribution in [-0.4, -0.2) is 22.7 Å². The van der Waals surface area contributed by atoms with Crippen molar-refractivity contribution in [2.45, 2.75) is 13.0 Å². The molecule has 1 aromatic carbocycles. The Morgan fingerprint density at radius 3 is 2.81 bits per heavy atom. The van der Waals surface area contributed by atoms with Gasteiger partial charge in [-0.25, -0.2) is 9.98 Å². The standard InChI is InChI=1S/C13H10Cl2N4O2/c1-6-9(12(20)21)11(19-13(18-6)17-5-16)7-3-2-4-8(14)10(7)15/h2-4,9,11H,1H3,(H,17,19)(H,20,21). The summed E-state index contributed by atoms with van der Waals surface area (Å²) in [6, 6.07) is 4.12. The van der Waals surface area contributed by atoms with Crippen LogP contribution in [0.1, 0.15) is 18.5 Å². The molecule has 2 atom stereocenters. The molecule has 2 unspecified atom stereocenters. The number of hydrogen-bond acceptors (Lipinski definition) is 5. The van der Waals surface area contributed by atoms with Gasteiger partial charge in [0.25, 0.3) is 0 Å². The molecule has 1 aliphatic rings. The highest BCUT2D eigenvalue weighted by molar-refractivity contribution is 6.42. The maximum atomic E-state index is 11.5. The van der Waals surface area contributed by atoms with Gasteiger partial charge in [0.2, 0.25) is 5.96 Å². The minimum absolute atomic E-state index is 0.0496. The molecule has 0 amide bonds. The van der Waals surface area contributed by atoms with E-state index in [2.05, 4.69) is 15.3 Å². The summed E-state index contributed by atoms with van der Waals surface area (Å²) < 4.78 is 0. The van der Waals surface area contributed by atoms with Crippen LogP contribution in [0, 0.1) is 17.4 Å². The van der Waals surface area contributed by atoms with Crippen molar-refractivity contribution in [2.24, 2.45) is 15.9 Å². The van der Waals surface area contributed by atoms with Gasteiger partial charge < -0.3 is 5.11 Å². The first-order valence-electron chi connectivity index (χ1n) is 5.90. The van der Waals surface area contributed by atoms with E-state index in [9.17, 15) is 9.90 Å². The van der Waals surface area contributed by atoms with Crippen molar-refractivity contribution < 1.29 is 9.90 Å². The number of aliphatic carboxylic acids is 1. The summed E-state index contributed by atoms with van der Waals surface area (Å²) in [5.74, 6) is -1.99. The van der Waals surface area contributed by atoms with Crippen molar-refractivity contribution in [3.63, 3.8) is 0 Å². The molecular formula is C13H10Cl2N4O2. The van der Waals surface area contributed by atoms with Crippen molar-refractivity contribution in [2.75, 3.05) is 0 Å². The number of hydrogen-bond donors (Lipinski definition) is 2. The molecule has 0 saturated heterocycles. The lowest BCUT2D eigenvalue weighted by Crippen LogP contribution is -2.34. The van der Waals surface area contributed by atoms with Crippen LogP contribution in [0.2, 0.25) is 10.0 Å². The molecule has 1 aromatic rings. The molecule has 0 saturated carbocycles. The summed E-state index contributed by atoms with van der Waals surface area (Å²) in [6.45, 7) is 1.57. The molecule has 0 spiro atoms. The third-order valence-corrected chi connectivity index (χ3v) is 3.88. The fourth-order valence-electron chi connectivity index (χ4n) is 2.12. The van der Waals surface area contributed by atoms with Gasteiger partial charge in [-0.2, -0.15) is 5.26 Å². The first-order chi connectivity index (χ1) is 9.95. The van der Waals surface area contributed by atoms with Gasteiger partial charge in [0.1, 0.15) is 5.92 Å². The van der Waals surface area contributed by atoms with E-state index >= 15 is 0 Å². The number of carboxylic acid groups (broad SMARTS) is 1. The molecular weight excluding hydrogens is 315 g/mol. The molecule has 2 rings (SSSR count). The molecule has 0 aliphatic carbocycles. The van der Waals surface area contributed by atoms with Crippen LogP contribution >= 0.6 is 23.2 Å². The fourth-order valence-corrected chi connectivity index (χ4v) is 2.54. The van der Waals surface area contributed by atoms with Crippen LogP contribution in [-0.2, 0) is 4.79 Å². The SMILES string of the molecule is CC1=NC(NC#N)=NC(c2cccc(Cl)c2Cl)C1C(=O)O. The Balaban J connectivity index is 2.56. The Labute approximate surface area is 130 Å². The topological polar surface area (TPSA) is 97.8 Å². The smallest absolute Gasteiger partial charge is 0.314 e. The van der Waals surface area contributed by atoms with Gasteiger partial charge in [0.05, 0.1) is 16.1 Å². The quantitative estimate of drug-likeness (QED) is 0.645. The number of guanidine groups is 1. The maximum Gasteiger partial charge on any atom is 0.314 e. The minimum atomic E-state index is -1.07. The summed E-state index contributed by atoms with van der Waals surface area (Å²) >= 11 is 12.1. The second kappa shape index (κ2) is 6.12. The molecule has 108 valence electrons. The van der Waals surface area contributed by atoms with Crippen LogP contribution < -0.4 is 5.32 Å². The number of nitriles is 1. The second-order valence-electron chi connectivity index (χ2n) is 4.35. The van der Waals surface area contributed by atoms with Crippen molar-refractivity contribution in [1.29, 1.82) is 5.26 Å². The first kappa shape index (κ1) is 15.3. The molecule has 0 bridgehead atoms. The number of nitrogens with one attached hydrogen (secondary N) is 1. The van der Waals surface area contributed by atoms with E-state index in [-0.39, 0.29) is 11.0 Å². The van der Waals surface area contributed by atoms with Gasteiger partial charge in [0.15, 0.2) is 6.19 Å². The number of carbonyl (C=O) groups is 1. The van der Waals surface area contributed by atoms with E-state index in [4.69, 9.17) is 28.5 Å². The predicted molar refractivity (Wildman–Crippen MR) is 79.6 cm³/mol. The molecule has 1 aliphatic heterocycles. The van der Waals surface area contributed by atoms with Gasteiger partial charge in [-0.15, -0.1) is 0 Å². The summed E-state index contributed by atoms with van der Waals surface area (Å²) in [4.78, 5) is 19.6. The van der Waals surface area contributed by atoms with E-state index in [1.165, 1.54) is 0 Å². The molecule has 2 N–H and O–H groups in total. The van der Waals surface area contributed by atoms with Gasteiger partial charge in [-0.3, -0.25) is 10.1 Å². The Kier molecular flexibility index (Phi) is 4.46. The normalized spacial score (nSPS) is 21.0. The zero-order chi connectivity index (χ0) is 15.6. The van der Waals surface area contributed by atoms with Gasteiger partial charge >= 0.3 is 5.97 Å². The van der Waals surface area contributed by atoms with Crippen LogP contribution in [0.25, 0.3) is 0 Å². The molecule has 1 heterocycles. The van der Waals surface area contributed by atoms with Gasteiger partial charge in [-0.05, 0) is 18.6 Å². The van der Waals surface area contributed by atoms with Crippen LogP contribution in [0.5, 0.6) is 0 Å². The number of carboxylic acids is 1. The summed E-state index contributed by atoms with van der Waals surface area (Å²) in [6.07, 6.45) is 1.71. The third-order valence-electron chi connectivity index (χ3n) is 3.04. The number of halogens is 2. The molecule has 0 radical (unpaired) electrons. The van der Waals surface area contributed by atoms with E-state index in [1.54, 1.807) is 31.3 Å². The summed E-state index contributed by atoms with van der Waals surface area (Å²) in [5.41, 5.74) is 0.805. The molecule has 6 nitrogen and oxygen atoms in total. The zero-order valence-electron chi connectivity index (χ0n) is 10.8. The summed E-state index contributed by atoms with van der Waals surface area (Å²) in [5, 5.41) is 20.9. The summed E-state index contributed by atoms with van der Waals surface area (Å²) in [7, 11) is 0. The van der Waals surface area contributed by atoms with Crippen molar-refractivity contribution in [3.8, 4) is 6.19 Å². The number of aliphatic imine (C=N–C) groups is 2. The number of benzene rings is 1. The maximum absolute atomic E-state index is 11.5. The fraction of sp³-hybridized carbons (Fsp3) is 0.231. The number of nitrogens with zero attached hydrogens (tertiary/aromatic N) is 3. The average molecular weight is 325 g/mol. The molecule has 0 fully saturated rings. The monoisotopic (exact) mass is 324 g/mol. The van der Waals surface area contributed by atoms with Crippen molar-refractivity contribution in [1.82, 2.24) is 5.32 Å². The first-order valence-corrected chi connectivity index (χ1v) is 6.66. The van der Waals surface area contributed by atoms with Crippen molar-refractivity contribution >= 4 is 40.8 Å². The van der Waals surface area contributed by atoms with E-state index < -0.39 is 17.9 Å². The van der Waals surface area contributed by atoms with E-state index in [1.807, 2.05) is 0 Å². The third kappa shape index (κ3) is 2.99. The number of rotatable bonds is 2.